The van der Waals surface area contributed by atoms with E-state index >= 15 is 0 Å². The number of anilines is 1. The number of rotatable bonds is 5. The molecule has 3 aromatic rings. The van der Waals surface area contributed by atoms with Crippen molar-refractivity contribution in [2.24, 2.45) is 0 Å². The van der Waals surface area contributed by atoms with Crippen LogP contribution in [0.5, 0.6) is 0 Å². The maximum atomic E-state index is 12.0. The Morgan fingerprint density at radius 2 is 1.88 bits per heavy atom. The number of carbonyl (C=O) groups excluding carboxylic acids is 1. The summed E-state index contributed by atoms with van der Waals surface area (Å²) in [7, 11) is 0. The zero-order valence-corrected chi connectivity index (χ0v) is 17.9. The predicted molar refractivity (Wildman–Crippen MR) is 106 cm³/mol. The molecule has 2 heterocycles. The molecular formula is C15H9Br3N4O2S. The van der Waals surface area contributed by atoms with Crippen LogP contribution in [-0.4, -0.2) is 26.8 Å². The molecule has 128 valence electrons. The number of nitrogens with one attached hydrogen (secondary N) is 1. The van der Waals surface area contributed by atoms with E-state index in [9.17, 15) is 4.79 Å². The summed E-state index contributed by atoms with van der Waals surface area (Å²) in [6.45, 7) is 0. The first-order chi connectivity index (χ1) is 12.0. The zero-order valence-electron chi connectivity index (χ0n) is 12.4. The summed E-state index contributed by atoms with van der Waals surface area (Å²) in [4.78, 5) is 16.2. The van der Waals surface area contributed by atoms with Crippen LogP contribution in [0.4, 0.5) is 5.82 Å². The number of pyridine rings is 1. The van der Waals surface area contributed by atoms with Crippen LogP contribution in [0.3, 0.4) is 0 Å². The van der Waals surface area contributed by atoms with Gasteiger partial charge >= 0.3 is 0 Å². The number of halogens is 3. The quantitative estimate of drug-likeness (QED) is 0.444. The molecule has 1 N–H and O–H groups in total. The molecule has 0 fully saturated rings. The molecule has 0 atom stereocenters. The number of hydrogen-bond acceptors (Lipinski definition) is 6. The Labute approximate surface area is 172 Å². The molecular weight excluding hydrogens is 540 g/mol. The van der Waals surface area contributed by atoms with E-state index in [2.05, 4.69) is 68.3 Å². The molecule has 0 saturated heterocycles. The van der Waals surface area contributed by atoms with Crippen LogP contribution in [0.15, 0.2) is 59.6 Å². The summed E-state index contributed by atoms with van der Waals surface area (Å²) in [5.41, 5.74) is 0.815. The number of nitrogens with zero attached hydrogens (tertiary/aromatic N) is 3. The maximum absolute atomic E-state index is 12.0. The molecule has 2 aromatic heterocycles. The second-order valence-electron chi connectivity index (χ2n) is 4.70. The van der Waals surface area contributed by atoms with Gasteiger partial charge < -0.3 is 9.73 Å². The average molecular weight is 549 g/mol. The van der Waals surface area contributed by atoms with E-state index in [1.807, 2.05) is 24.3 Å². The third-order valence-electron chi connectivity index (χ3n) is 2.89. The lowest BCUT2D eigenvalue weighted by molar-refractivity contribution is -0.113. The van der Waals surface area contributed by atoms with Crippen molar-refractivity contribution in [1.82, 2.24) is 15.2 Å². The van der Waals surface area contributed by atoms with Gasteiger partial charge in [-0.1, -0.05) is 27.7 Å². The lowest BCUT2D eigenvalue weighted by Crippen LogP contribution is -2.15. The second kappa shape index (κ2) is 8.43. The highest BCUT2D eigenvalue weighted by molar-refractivity contribution is 9.11. The number of hydrogen-bond donors (Lipinski definition) is 1. The number of thioether (sulfide) groups is 1. The van der Waals surface area contributed by atoms with E-state index in [1.165, 1.54) is 0 Å². The highest BCUT2D eigenvalue weighted by Gasteiger charge is 2.12. The van der Waals surface area contributed by atoms with Gasteiger partial charge in [0.2, 0.25) is 11.8 Å². The monoisotopic (exact) mass is 546 g/mol. The largest absolute Gasteiger partial charge is 0.411 e. The van der Waals surface area contributed by atoms with E-state index < -0.39 is 0 Å². The number of benzene rings is 1. The number of amides is 1. The van der Waals surface area contributed by atoms with E-state index in [0.717, 1.165) is 26.3 Å². The standard InChI is InChI=1S/C15H9Br3N4O2S/c16-9-3-1-8(2-4-9)14-21-22-15(24-14)25-7-12(23)20-13-11(18)5-10(17)6-19-13/h1-6H,7H2,(H,19,20,23). The molecule has 3 rings (SSSR count). The number of carbonyl (C=O) groups is 1. The third kappa shape index (κ3) is 5.13. The first kappa shape index (κ1) is 18.6. The van der Waals surface area contributed by atoms with E-state index in [0.29, 0.717) is 21.4 Å². The molecule has 6 nitrogen and oxygen atoms in total. The van der Waals surface area contributed by atoms with Crippen LogP contribution < -0.4 is 5.32 Å². The van der Waals surface area contributed by atoms with Gasteiger partial charge in [0.05, 0.1) is 10.2 Å². The first-order valence-electron chi connectivity index (χ1n) is 6.84. The first-order valence-corrected chi connectivity index (χ1v) is 10.2. The van der Waals surface area contributed by atoms with Crippen molar-refractivity contribution in [3.05, 3.63) is 49.9 Å². The van der Waals surface area contributed by atoms with Crippen molar-refractivity contribution in [3.63, 3.8) is 0 Å². The van der Waals surface area contributed by atoms with E-state index in [4.69, 9.17) is 4.42 Å². The number of aromatic nitrogens is 3. The van der Waals surface area contributed by atoms with Crippen molar-refractivity contribution >= 4 is 71.3 Å². The molecule has 0 aliphatic rings. The van der Waals surface area contributed by atoms with Crippen molar-refractivity contribution in [2.75, 3.05) is 11.1 Å². The van der Waals surface area contributed by atoms with Crippen LogP contribution >= 0.6 is 59.6 Å². The smallest absolute Gasteiger partial charge is 0.277 e. The molecule has 0 bridgehead atoms. The van der Waals surface area contributed by atoms with Gasteiger partial charge in [-0.05, 0) is 62.2 Å². The van der Waals surface area contributed by atoms with Crippen LogP contribution in [0.25, 0.3) is 11.5 Å². The molecule has 10 heteroatoms. The fourth-order valence-corrected chi connectivity index (χ4v) is 3.69. The Morgan fingerprint density at radius 1 is 1.12 bits per heavy atom. The summed E-state index contributed by atoms with van der Waals surface area (Å²) in [6.07, 6.45) is 1.61. The molecule has 1 aromatic carbocycles. The molecule has 25 heavy (non-hydrogen) atoms. The normalized spacial score (nSPS) is 10.7. The lowest BCUT2D eigenvalue weighted by Gasteiger charge is -2.05. The van der Waals surface area contributed by atoms with Gasteiger partial charge in [0, 0.05) is 20.7 Å². The van der Waals surface area contributed by atoms with Crippen molar-refractivity contribution in [2.45, 2.75) is 5.22 Å². The Bertz CT molecular complexity index is 902. The minimum Gasteiger partial charge on any atom is -0.411 e. The van der Waals surface area contributed by atoms with Crippen LogP contribution in [0.2, 0.25) is 0 Å². The van der Waals surface area contributed by atoms with Gasteiger partial charge in [0.15, 0.2) is 0 Å². The molecule has 1 amide bonds. The summed E-state index contributed by atoms with van der Waals surface area (Å²) in [6, 6.07) is 9.33. The zero-order chi connectivity index (χ0) is 17.8. The minimum atomic E-state index is -0.219. The lowest BCUT2D eigenvalue weighted by atomic mass is 10.2. The van der Waals surface area contributed by atoms with Gasteiger partial charge in [0.1, 0.15) is 5.82 Å². The fraction of sp³-hybridized carbons (Fsp3) is 0.0667. The summed E-state index contributed by atoms with van der Waals surface area (Å²) in [5, 5.41) is 11.0. The van der Waals surface area contributed by atoms with Crippen molar-refractivity contribution < 1.29 is 9.21 Å². The topological polar surface area (TPSA) is 80.9 Å². The highest BCUT2D eigenvalue weighted by Crippen LogP contribution is 2.26. The van der Waals surface area contributed by atoms with Gasteiger partial charge in [-0.2, -0.15) is 0 Å². The Morgan fingerprint density at radius 3 is 2.60 bits per heavy atom. The van der Waals surface area contributed by atoms with E-state index in [1.54, 1.807) is 12.3 Å². The molecule has 0 saturated carbocycles. The van der Waals surface area contributed by atoms with Crippen molar-refractivity contribution in [3.8, 4) is 11.5 Å². The SMILES string of the molecule is O=C(CSc1nnc(-c2ccc(Br)cc2)o1)Nc1ncc(Br)cc1Br. The van der Waals surface area contributed by atoms with Crippen LogP contribution in [0, 0.1) is 0 Å². The van der Waals surface area contributed by atoms with Crippen molar-refractivity contribution in [1.29, 1.82) is 0 Å². The molecule has 0 aliphatic heterocycles. The van der Waals surface area contributed by atoms with Gasteiger partial charge in [-0.25, -0.2) is 4.98 Å². The Kier molecular flexibility index (Phi) is 6.26. The van der Waals surface area contributed by atoms with E-state index in [-0.39, 0.29) is 11.7 Å². The molecule has 0 aliphatic carbocycles. The molecule has 0 radical (unpaired) electrons. The van der Waals surface area contributed by atoms with Gasteiger partial charge in [0.25, 0.3) is 5.22 Å². The fourth-order valence-electron chi connectivity index (χ4n) is 1.78. The summed E-state index contributed by atoms with van der Waals surface area (Å²) in [5.74, 6) is 0.776. The predicted octanol–water partition coefficient (Wildman–Crippen LogP) is 5.15. The average Bonchev–Trinajstić information content (AvgIpc) is 3.05. The minimum absolute atomic E-state index is 0.131. The van der Waals surface area contributed by atoms with Crippen LogP contribution in [0.1, 0.15) is 0 Å². The summed E-state index contributed by atoms with van der Waals surface area (Å²) >= 11 is 11.2. The maximum Gasteiger partial charge on any atom is 0.277 e. The van der Waals surface area contributed by atoms with Crippen LogP contribution in [-0.2, 0) is 4.79 Å². The van der Waals surface area contributed by atoms with Gasteiger partial charge in [-0.3, -0.25) is 4.79 Å². The third-order valence-corrected chi connectivity index (χ3v) is 5.28. The molecule has 0 spiro atoms. The highest BCUT2D eigenvalue weighted by atomic mass is 79.9. The Balaban J connectivity index is 1.58. The van der Waals surface area contributed by atoms with Gasteiger partial charge in [-0.15, -0.1) is 10.2 Å². The second-order valence-corrected chi connectivity index (χ2v) is 8.31. The summed E-state index contributed by atoms with van der Waals surface area (Å²) < 4.78 is 8.04. The Hall–Kier alpha value is -1.23. The molecule has 0 unspecified atom stereocenters.